The van der Waals surface area contributed by atoms with Crippen LogP contribution in [0.1, 0.15) is 39.5 Å². The maximum Gasteiger partial charge on any atom is 0.236 e. The molecule has 29 heavy (non-hydrogen) atoms. The molecule has 2 amide bonds. The molecule has 3 atom stereocenters. The van der Waals surface area contributed by atoms with Crippen LogP contribution in [-0.2, 0) is 9.59 Å². The largest absolute Gasteiger partial charge is 0.341 e. The van der Waals surface area contributed by atoms with E-state index in [0.29, 0.717) is 29.7 Å². The van der Waals surface area contributed by atoms with Crippen molar-refractivity contribution >= 4 is 36.6 Å². The summed E-state index contributed by atoms with van der Waals surface area (Å²) in [4.78, 5) is 31.9. The molecule has 4 fully saturated rings. The number of carbonyl (C=O) groups is 2. The van der Waals surface area contributed by atoms with Crippen molar-refractivity contribution in [3.05, 3.63) is 0 Å². The fraction of sp³-hybridized carbons (Fsp3) is 0.905. The number of piperazine rings is 1. The average molecular weight is 449 g/mol. The van der Waals surface area contributed by atoms with Crippen molar-refractivity contribution in [2.45, 2.75) is 39.5 Å². The lowest BCUT2D eigenvalue weighted by Crippen LogP contribution is -2.53. The average Bonchev–Trinajstić information content (AvgIpc) is 3.34. The molecule has 1 saturated carbocycles. The maximum absolute atomic E-state index is 12.9. The van der Waals surface area contributed by atoms with Crippen LogP contribution in [0, 0.1) is 23.2 Å². The van der Waals surface area contributed by atoms with E-state index in [1.54, 1.807) is 0 Å². The van der Waals surface area contributed by atoms with Gasteiger partial charge in [-0.1, -0.05) is 13.8 Å². The second-order valence-corrected chi connectivity index (χ2v) is 9.72. The predicted octanol–water partition coefficient (Wildman–Crippen LogP) is 1.87. The van der Waals surface area contributed by atoms with E-state index in [2.05, 4.69) is 33.9 Å². The summed E-state index contributed by atoms with van der Waals surface area (Å²) < 4.78 is 0. The van der Waals surface area contributed by atoms with E-state index in [0.717, 1.165) is 71.6 Å². The molecule has 3 saturated heterocycles. The van der Waals surface area contributed by atoms with E-state index in [4.69, 9.17) is 0 Å². The number of halogens is 2. The molecule has 168 valence electrons. The Morgan fingerprint density at radius 2 is 1.52 bits per heavy atom. The highest BCUT2D eigenvalue weighted by Gasteiger charge is 2.58. The number of likely N-dealkylation sites (tertiary alicyclic amines) is 1. The van der Waals surface area contributed by atoms with Gasteiger partial charge >= 0.3 is 0 Å². The number of piperidine rings is 2. The molecule has 0 aromatic rings. The van der Waals surface area contributed by atoms with E-state index in [1.807, 2.05) is 0 Å². The third kappa shape index (κ3) is 5.57. The number of amides is 2. The topological polar surface area (TPSA) is 55.9 Å². The van der Waals surface area contributed by atoms with Crippen molar-refractivity contribution in [3.63, 3.8) is 0 Å². The predicted molar refractivity (Wildman–Crippen MR) is 120 cm³/mol. The standard InChI is InChI=1S/C21H36N4O2.2ClH/c1-16-11-17(2)14-25(13-16)19(26)15-23-7-9-24(10-8-23)20(27)18-12-21(18)3-5-22-6-4-21;;/h16-18,22H,3-15H2,1-2H3;2*1H. The van der Waals surface area contributed by atoms with Gasteiger partial charge in [-0.05, 0) is 56.0 Å². The summed E-state index contributed by atoms with van der Waals surface area (Å²) in [5, 5.41) is 3.41. The van der Waals surface area contributed by atoms with E-state index >= 15 is 0 Å². The summed E-state index contributed by atoms with van der Waals surface area (Å²) in [6.45, 7) is 12.2. The van der Waals surface area contributed by atoms with E-state index in [9.17, 15) is 9.59 Å². The fourth-order valence-electron chi connectivity index (χ4n) is 5.68. The highest BCUT2D eigenvalue weighted by Crippen LogP contribution is 2.59. The first kappa shape index (κ1) is 24.7. The molecule has 1 N–H and O–H groups in total. The van der Waals surface area contributed by atoms with Gasteiger partial charge in [-0.2, -0.15) is 0 Å². The monoisotopic (exact) mass is 448 g/mol. The van der Waals surface area contributed by atoms with Crippen molar-refractivity contribution in [2.24, 2.45) is 23.2 Å². The SMILES string of the molecule is CC1CC(C)CN(C(=O)CN2CCN(C(=O)C3CC34CCNCC4)CC2)C1.Cl.Cl. The van der Waals surface area contributed by atoms with Gasteiger partial charge in [0.05, 0.1) is 6.54 Å². The lowest BCUT2D eigenvalue weighted by molar-refractivity contribution is -0.137. The highest BCUT2D eigenvalue weighted by atomic mass is 35.5. The Kier molecular flexibility index (Phi) is 8.66. The van der Waals surface area contributed by atoms with Crippen LogP contribution in [-0.4, -0.2) is 85.4 Å². The first-order valence-corrected chi connectivity index (χ1v) is 11.0. The van der Waals surface area contributed by atoms with Gasteiger partial charge in [0.1, 0.15) is 0 Å². The molecule has 6 nitrogen and oxygen atoms in total. The molecule has 4 aliphatic rings. The van der Waals surface area contributed by atoms with Gasteiger partial charge in [-0.15, -0.1) is 24.8 Å². The normalized spacial score (nSPS) is 31.6. The highest BCUT2D eigenvalue weighted by molar-refractivity contribution is 5.85. The second kappa shape index (κ2) is 10.2. The van der Waals surface area contributed by atoms with Crippen LogP contribution in [0.3, 0.4) is 0 Å². The quantitative estimate of drug-likeness (QED) is 0.715. The third-order valence-corrected chi connectivity index (χ3v) is 7.35. The molecule has 3 unspecified atom stereocenters. The van der Waals surface area contributed by atoms with Crippen LogP contribution in [0.2, 0.25) is 0 Å². The number of rotatable bonds is 3. The molecule has 4 rings (SSSR count). The third-order valence-electron chi connectivity index (χ3n) is 7.35. The van der Waals surface area contributed by atoms with Crippen LogP contribution >= 0.6 is 24.8 Å². The Balaban J connectivity index is 0.00000150. The van der Waals surface area contributed by atoms with Crippen LogP contribution in [0.5, 0.6) is 0 Å². The van der Waals surface area contributed by atoms with E-state index < -0.39 is 0 Å². The van der Waals surface area contributed by atoms with Gasteiger partial charge in [0.25, 0.3) is 0 Å². The zero-order chi connectivity index (χ0) is 19.0. The van der Waals surface area contributed by atoms with Crippen molar-refractivity contribution in [3.8, 4) is 0 Å². The summed E-state index contributed by atoms with van der Waals surface area (Å²) in [5.74, 6) is 2.12. The zero-order valence-corrected chi connectivity index (χ0v) is 19.5. The summed E-state index contributed by atoms with van der Waals surface area (Å²) in [6, 6.07) is 0. The maximum atomic E-state index is 12.9. The molecular weight excluding hydrogens is 411 g/mol. The molecular formula is C21H38Cl2N4O2. The minimum absolute atomic E-state index is 0. The van der Waals surface area contributed by atoms with Gasteiger partial charge in [0.2, 0.25) is 11.8 Å². The van der Waals surface area contributed by atoms with Crippen LogP contribution < -0.4 is 5.32 Å². The number of carbonyl (C=O) groups excluding carboxylic acids is 2. The van der Waals surface area contributed by atoms with Gasteiger partial charge in [0, 0.05) is 45.2 Å². The Morgan fingerprint density at radius 3 is 2.10 bits per heavy atom. The molecule has 0 aromatic heterocycles. The number of hydrogen-bond acceptors (Lipinski definition) is 4. The summed E-state index contributed by atoms with van der Waals surface area (Å²) >= 11 is 0. The van der Waals surface area contributed by atoms with E-state index in [1.165, 1.54) is 6.42 Å². The number of hydrogen-bond donors (Lipinski definition) is 1. The van der Waals surface area contributed by atoms with Gasteiger partial charge in [-0.3, -0.25) is 14.5 Å². The molecule has 0 bridgehead atoms. The van der Waals surface area contributed by atoms with E-state index in [-0.39, 0.29) is 36.6 Å². The van der Waals surface area contributed by atoms with Crippen molar-refractivity contribution < 1.29 is 9.59 Å². The first-order valence-electron chi connectivity index (χ1n) is 11.0. The zero-order valence-electron chi connectivity index (χ0n) is 17.9. The summed E-state index contributed by atoms with van der Waals surface area (Å²) in [7, 11) is 0. The minimum Gasteiger partial charge on any atom is -0.341 e. The Hall–Kier alpha value is -0.560. The van der Waals surface area contributed by atoms with Crippen molar-refractivity contribution in [1.82, 2.24) is 20.0 Å². The summed E-state index contributed by atoms with van der Waals surface area (Å²) in [5.41, 5.74) is 0.317. The van der Waals surface area contributed by atoms with Crippen molar-refractivity contribution in [1.29, 1.82) is 0 Å². The minimum atomic E-state index is 0. The van der Waals surface area contributed by atoms with Gasteiger partial charge in [-0.25, -0.2) is 0 Å². The summed E-state index contributed by atoms with van der Waals surface area (Å²) in [6.07, 6.45) is 4.63. The number of nitrogens with zero attached hydrogens (tertiary/aromatic N) is 3. The Morgan fingerprint density at radius 1 is 0.931 bits per heavy atom. The van der Waals surface area contributed by atoms with Crippen LogP contribution in [0.4, 0.5) is 0 Å². The van der Waals surface area contributed by atoms with Crippen LogP contribution in [0.15, 0.2) is 0 Å². The van der Waals surface area contributed by atoms with Gasteiger partial charge in [0.15, 0.2) is 0 Å². The second-order valence-electron chi connectivity index (χ2n) is 9.72. The number of nitrogens with one attached hydrogen (secondary N) is 1. The smallest absolute Gasteiger partial charge is 0.236 e. The molecule has 3 aliphatic heterocycles. The Bertz CT molecular complexity index is 567. The lowest BCUT2D eigenvalue weighted by atomic mass is 9.91. The molecule has 8 heteroatoms. The molecule has 1 spiro atoms. The Labute approximate surface area is 187 Å². The lowest BCUT2D eigenvalue weighted by Gasteiger charge is -2.38. The van der Waals surface area contributed by atoms with Gasteiger partial charge < -0.3 is 15.1 Å². The van der Waals surface area contributed by atoms with Crippen LogP contribution in [0.25, 0.3) is 0 Å². The fourth-order valence-corrected chi connectivity index (χ4v) is 5.68. The first-order chi connectivity index (χ1) is 13.0. The van der Waals surface area contributed by atoms with Crippen molar-refractivity contribution in [2.75, 3.05) is 58.9 Å². The molecule has 1 aliphatic carbocycles. The molecule has 0 aromatic carbocycles. The molecule has 3 heterocycles. The molecule has 0 radical (unpaired) electrons.